The Balaban J connectivity index is 1.31. The molecule has 32 heavy (non-hydrogen) atoms. The highest BCUT2D eigenvalue weighted by molar-refractivity contribution is 5.94. The number of rotatable bonds is 5. The lowest BCUT2D eigenvalue weighted by Gasteiger charge is -2.31. The zero-order chi connectivity index (χ0) is 22.5. The number of aromatic nitrogens is 1. The Kier molecular flexibility index (Phi) is 7.13. The van der Waals surface area contributed by atoms with Gasteiger partial charge in [0.25, 0.3) is 5.91 Å². The molecule has 5 heteroatoms. The molecule has 5 nitrogen and oxygen atoms in total. The lowest BCUT2D eigenvalue weighted by atomic mass is 9.95. The van der Waals surface area contributed by atoms with Crippen LogP contribution in [0, 0.1) is 13.8 Å². The average Bonchev–Trinajstić information content (AvgIpc) is 3.12. The van der Waals surface area contributed by atoms with E-state index in [1.165, 1.54) is 43.5 Å². The van der Waals surface area contributed by atoms with Gasteiger partial charge >= 0.3 is 0 Å². The van der Waals surface area contributed by atoms with Crippen LogP contribution in [0.4, 0.5) is 0 Å². The van der Waals surface area contributed by atoms with Gasteiger partial charge in [-0.05, 0) is 69.4 Å². The van der Waals surface area contributed by atoms with Crippen molar-refractivity contribution in [3.63, 3.8) is 0 Å². The Labute approximate surface area is 191 Å². The summed E-state index contributed by atoms with van der Waals surface area (Å²) in [6.07, 6.45) is 11.8. The molecule has 2 amide bonds. The third kappa shape index (κ3) is 5.14. The maximum absolute atomic E-state index is 12.8. The Morgan fingerprint density at radius 2 is 1.66 bits per heavy atom. The summed E-state index contributed by atoms with van der Waals surface area (Å²) in [6.45, 7) is 5.69. The van der Waals surface area contributed by atoms with Crippen molar-refractivity contribution in [2.75, 3.05) is 13.1 Å². The second-order valence-electron chi connectivity index (χ2n) is 9.26. The first-order valence-corrected chi connectivity index (χ1v) is 12.0. The van der Waals surface area contributed by atoms with E-state index in [0.29, 0.717) is 24.7 Å². The number of carbonyl (C=O) groups is 2. The summed E-state index contributed by atoms with van der Waals surface area (Å²) >= 11 is 0. The van der Waals surface area contributed by atoms with E-state index < -0.39 is 0 Å². The number of aryl methyl sites for hydroxylation is 1. The van der Waals surface area contributed by atoms with Crippen LogP contribution in [0.15, 0.2) is 42.5 Å². The van der Waals surface area contributed by atoms with Crippen LogP contribution >= 0.6 is 0 Å². The lowest BCUT2D eigenvalue weighted by Crippen LogP contribution is -2.46. The SMILES string of the molecule is Cc1cc(/C=C/C(=O)N2CCC(NC(=O)c3ccccc3)CC2)c(C)n1C1CCCCC1. The van der Waals surface area contributed by atoms with Gasteiger partial charge in [-0.1, -0.05) is 37.5 Å². The molecule has 2 aromatic rings. The van der Waals surface area contributed by atoms with Crippen LogP contribution in [0.3, 0.4) is 0 Å². The molecule has 0 bridgehead atoms. The molecule has 0 spiro atoms. The number of amides is 2. The van der Waals surface area contributed by atoms with Gasteiger partial charge in [0.05, 0.1) is 0 Å². The number of nitrogens with zero attached hydrogens (tertiary/aromatic N) is 2. The summed E-state index contributed by atoms with van der Waals surface area (Å²) in [6, 6.07) is 12.2. The molecule has 0 radical (unpaired) electrons. The predicted molar refractivity (Wildman–Crippen MR) is 129 cm³/mol. The van der Waals surface area contributed by atoms with Crippen molar-refractivity contribution >= 4 is 17.9 Å². The zero-order valence-electron chi connectivity index (χ0n) is 19.3. The minimum Gasteiger partial charge on any atom is -0.349 e. The molecule has 2 heterocycles. The Morgan fingerprint density at radius 1 is 0.969 bits per heavy atom. The number of hydrogen-bond acceptors (Lipinski definition) is 2. The summed E-state index contributed by atoms with van der Waals surface area (Å²) in [4.78, 5) is 27.0. The number of nitrogens with one attached hydrogen (secondary N) is 1. The first-order valence-electron chi connectivity index (χ1n) is 12.0. The molecule has 1 aliphatic heterocycles. The van der Waals surface area contributed by atoms with Crippen molar-refractivity contribution < 1.29 is 9.59 Å². The molecule has 4 rings (SSSR count). The molecule has 1 saturated heterocycles. The van der Waals surface area contributed by atoms with Gasteiger partial charge in [0.15, 0.2) is 0 Å². The van der Waals surface area contributed by atoms with Gasteiger partial charge in [-0.3, -0.25) is 9.59 Å². The van der Waals surface area contributed by atoms with Crippen LogP contribution in [0.25, 0.3) is 6.08 Å². The van der Waals surface area contributed by atoms with Crippen LogP contribution in [-0.2, 0) is 4.79 Å². The summed E-state index contributed by atoms with van der Waals surface area (Å²) in [5, 5.41) is 3.10. The highest BCUT2D eigenvalue weighted by atomic mass is 16.2. The molecule has 170 valence electrons. The molecular weight excluding hydrogens is 398 g/mol. The van der Waals surface area contributed by atoms with Gasteiger partial charge in [-0.2, -0.15) is 0 Å². The third-order valence-electron chi connectivity index (χ3n) is 7.05. The number of hydrogen-bond donors (Lipinski definition) is 1. The van der Waals surface area contributed by atoms with Crippen LogP contribution in [0.2, 0.25) is 0 Å². The van der Waals surface area contributed by atoms with Gasteiger partial charge in [-0.25, -0.2) is 0 Å². The quantitative estimate of drug-likeness (QED) is 0.671. The van der Waals surface area contributed by atoms with E-state index in [-0.39, 0.29) is 17.9 Å². The fourth-order valence-corrected chi connectivity index (χ4v) is 5.24. The van der Waals surface area contributed by atoms with E-state index >= 15 is 0 Å². The van der Waals surface area contributed by atoms with Crippen LogP contribution in [0.1, 0.15) is 78.3 Å². The first kappa shape index (κ1) is 22.4. The van der Waals surface area contributed by atoms with Crippen LogP contribution in [-0.4, -0.2) is 40.4 Å². The molecule has 1 saturated carbocycles. The van der Waals surface area contributed by atoms with E-state index in [0.717, 1.165) is 18.4 Å². The van der Waals surface area contributed by atoms with Gasteiger partial charge in [0.2, 0.25) is 5.91 Å². The Bertz CT molecular complexity index is 962. The average molecular weight is 434 g/mol. The molecule has 2 aliphatic rings. The van der Waals surface area contributed by atoms with Gasteiger partial charge in [0, 0.05) is 48.2 Å². The number of likely N-dealkylation sites (tertiary alicyclic amines) is 1. The fraction of sp³-hybridized carbons (Fsp3) is 0.481. The predicted octanol–water partition coefficient (Wildman–Crippen LogP) is 5.04. The van der Waals surface area contributed by atoms with Crippen LogP contribution in [0.5, 0.6) is 0 Å². The summed E-state index contributed by atoms with van der Waals surface area (Å²) in [5.41, 5.74) is 4.38. The van der Waals surface area contributed by atoms with Crippen molar-refractivity contribution in [3.8, 4) is 0 Å². The monoisotopic (exact) mass is 433 g/mol. The third-order valence-corrected chi connectivity index (χ3v) is 7.05. The maximum atomic E-state index is 12.8. The molecule has 1 N–H and O–H groups in total. The van der Waals surface area contributed by atoms with E-state index in [9.17, 15) is 9.59 Å². The molecule has 0 atom stereocenters. The first-order chi connectivity index (χ1) is 15.5. The Hall–Kier alpha value is -2.82. The van der Waals surface area contributed by atoms with Crippen molar-refractivity contribution in [2.24, 2.45) is 0 Å². The molecule has 1 aromatic heterocycles. The van der Waals surface area contributed by atoms with E-state index in [1.807, 2.05) is 41.3 Å². The lowest BCUT2D eigenvalue weighted by molar-refractivity contribution is -0.126. The number of piperidine rings is 1. The smallest absolute Gasteiger partial charge is 0.251 e. The summed E-state index contributed by atoms with van der Waals surface area (Å²) in [7, 11) is 0. The Morgan fingerprint density at radius 3 is 2.34 bits per heavy atom. The van der Waals surface area contributed by atoms with E-state index in [1.54, 1.807) is 6.08 Å². The number of carbonyl (C=O) groups excluding carboxylic acids is 2. The minimum atomic E-state index is -0.0383. The van der Waals surface area contributed by atoms with Crippen LogP contribution < -0.4 is 5.32 Å². The maximum Gasteiger partial charge on any atom is 0.251 e. The molecular formula is C27H35N3O2. The normalized spacial score (nSPS) is 18.2. The molecule has 0 unspecified atom stereocenters. The minimum absolute atomic E-state index is 0.0383. The van der Waals surface area contributed by atoms with E-state index in [4.69, 9.17) is 0 Å². The second-order valence-corrected chi connectivity index (χ2v) is 9.26. The molecule has 2 fully saturated rings. The summed E-state index contributed by atoms with van der Waals surface area (Å²) < 4.78 is 2.48. The van der Waals surface area contributed by atoms with Crippen molar-refractivity contribution in [1.82, 2.24) is 14.8 Å². The zero-order valence-corrected chi connectivity index (χ0v) is 19.3. The second kappa shape index (κ2) is 10.2. The fourth-order valence-electron chi connectivity index (χ4n) is 5.24. The van der Waals surface area contributed by atoms with Gasteiger partial charge < -0.3 is 14.8 Å². The van der Waals surface area contributed by atoms with E-state index in [2.05, 4.69) is 29.8 Å². The summed E-state index contributed by atoms with van der Waals surface area (Å²) in [5.74, 6) is 0.0175. The highest BCUT2D eigenvalue weighted by Gasteiger charge is 2.23. The topological polar surface area (TPSA) is 54.3 Å². The largest absolute Gasteiger partial charge is 0.349 e. The molecule has 1 aliphatic carbocycles. The standard InChI is InChI=1S/C27H35N3O2/c1-20-19-23(21(2)30(20)25-11-7-4-8-12-25)13-14-26(31)29-17-15-24(16-18-29)28-27(32)22-9-5-3-6-10-22/h3,5-6,9-10,13-14,19,24-25H,4,7-8,11-12,15-18H2,1-2H3,(H,28,32)/b14-13+. The highest BCUT2D eigenvalue weighted by Crippen LogP contribution is 2.32. The number of benzene rings is 1. The van der Waals surface area contributed by atoms with Gasteiger partial charge in [0.1, 0.15) is 0 Å². The van der Waals surface area contributed by atoms with Crippen molar-refractivity contribution in [3.05, 3.63) is 65.0 Å². The van der Waals surface area contributed by atoms with Gasteiger partial charge in [-0.15, -0.1) is 0 Å². The van der Waals surface area contributed by atoms with Crippen molar-refractivity contribution in [2.45, 2.75) is 70.9 Å². The molecule has 1 aromatic carbocycles. The van der Waals surface area contributed by atoms with Crippen molar-refractivity contribution in [1.29, 1.82) is 0 Å².